The van der Waals surface area contributed by atoms with E-state index in [9.17, 15) is 49.1 Å². The molecule has 7 nitrogen and oxygen atoms in total. The van der Waals surface area contributed by atoms with E-state index < -0.39 is 65.9 Å². The van der Waals surface area contributed by atoms with Crippen LogP contribution in [0.25, 0.3) is 0 Å². The fraction of sp³-hybridized carbons (Fsp3) is 0.548. The molecular weight excluding hydrogens is 651 g/mol. The number of ether oxygens (including phenoxy) is 3. The van der Waals surface area contributed by atoms with Crippen LogP contribution in [0.15, 0.2) is 36.4 Å². The lowest BCUT2D eigenvalue weighted by molar-refractivity contribution is -0.274. The van der Waals surface area contributed by atoms with E-state index in [4.69, 9.17) is 9.47 Å². The molecule has 0 spiro atoms. The third kappa shape index (κ3) is 8.74. The van der Waals surface area contributed by atoms with Crippen molar-refractivity contribution in [3.05, 3.63) is 58.7 Å². The topological polar surface area (TPSA) is 68.3 Å². The number of esters is 1. The van der Waals surface area contributed by atoms with E-state index in [1.165, 1.54) is 20.1 Å². The van der Waals surface area contributed by atoms with Gasteiger partial charge in [-0.3, -0.25) is 9.69 Å². The summed E-state index contributed by atoms with van der Waals surface area (Å²) >= 11 is 0. The second-order valence-corrected chi connectivity index (χ2v) is 11.6. The van der Waals surface area contributed by atoms with Crippen LogP contribution < -0.4 is 9.64 Å². The highest BCUT2D eigenvalue weighted by Gasteiger charge is 2.44. The fourth-order valence-electron chi connectivity index (χ4n) is 6.14. The average Bonchev–Trinajstić information content (AvgIpc) is 3.26. The van der Waals surface area contributed by atoms with E-state index in [0.29, 0.717) is 56.6 Å². The summed E-state index contributed by atoms with van der Waals surface area (Å²) in [5, 5.41) is 0. The van der Waals surface area contributed by atoms with E-state index in [-0.39, 0.29) is 29.4 Å². The molecule has 47 heavy (non-hydrogen) atoms. The molecule has 1 amide bonds. The number of hydrogen-bond acceptors (Lipinski definition) is 6. The van der Waals surface area contributed by atoms with Crippen LogP contribution in [0.2, 0.25) is 0 Å². The molecule has 2 fully saturated rings. The third-order valence-electron chi connectivity index (χ3n) is 8.54. The first-order chi connectivity index (χ1) is 21.8. The maximum absolute atomic E-state index is 13.5. The molecule has 0 unspecified atom stereocenters. The van der Waals surface area contributed by atoms with Crippen LogP contribution in [0.5, 0.6) is 5.75 Å². The van der Waals surface area contributed by atoms with E-state index in [0.717, 1.165) is 17.0 Å². The number of cyclic esters (lactones) is 1. The lowest BCUT2D eigenvalue weighted by Crippen LogP contribution is -2.35. The molecule has 4 rings (SSSR count). The van der Waals surface area contributed by atoms with Gasteiger partial charge in [-0.25, -0.2) is 4.79 Å². The van der Waals surface area contributed by atoms with Crippen LogP contribution in [-0.4, -0.2) is 49.6 Å². The summed E-state index contributed by atoms with van der Waals surface area (Å²) < 4.78 is 135. The Morgan fingerprint density at radius 3 is 2.04 bits per heavy atom. The van der Waals surface area contributed by atoms with E-state index in [2.05, 4.69) is 4.74 Å². The zero-order chi connectivity index (χ0) is 34.9. The van der Waals surface area contributed by atoms with Gasteiger partial charge in [0.05, 0.1) is 36.7 Å². The van der Waals surface area contributed by atoms with Crippen molar-refractivity contribution < 1.29 is 63.3 Å². The van der Waals surface area contributed by atoms with Gasteiger partial charge in [-0.05, 0) is 93.0 Å². The Morgan fingerprint density at radius 2 is 1.53 bits per heavy atom. The molecule has 16 heteroatoms. The van der Waals surface area contributed by atoms with Gasteiger partial charge in [0.1, 0.15) is 11.9 Å². The number of rotatable bonds is 9. The van der Waals surface area contributed by atoms with Crippen molar-refractivity contribution in [3.63, 3.8) is 0 Å². The zero-order valence-corrected chi connectivity index (χ0v) is 25.6. The minimum atomic E-state index is -5.13. The molecular formula is C31H33F9N2O5. The molecule has 1 saturated carbocycles. The molecule has 0 N–H and O–H groups in total. The number of carbonyl (C=O) groups is 2. The molecule has 2 aromatic rings. The fourth-order valence-corrected chi connectivity index (χ4v) is 6.14. The van der Waals surface area contributed by atoms with Gasteiger partial charge in [0, 0.05) is 18.8 Å². The Kier molecular flexibility index (Phi) is 10.5. The number of carbonyl (C=O) groups excluding carboxylic acids is 2. The predicted octanol–water partition coefficient (Wildman–Crippen LogP) is 8.51. The first-order valence-corrected chi connectivity index (χ1v) is 14.8. The third-order valence-corrected chi connectivity index (χ3v) is 8.54. The summed E-state index contributed by atoms with van der Waals surface area (Å²) in [4.78, 5) is 27.9. The highest BCUT2D eigenvalue weighted by atomic mass is 19.4. The predicted molar refractivity (Wildman–Crippen MR) is 149 cm³/mol. The summed E-state index contributed by atoms with van der Waals surface area (Å²) in [6, 6.07) is 3.39. The summed E-state index contributed by atoms with van der Waals surface area (Å²) in [6.45, 7) is 3.65. The molecule has 0 radical (unpaired) electrons. The maximum Gasteiger partial charge on any atom is 0.573 e. The van der Waals surface area contributed by atoms with E-state index in [1.807, 2.05) is 11.8 Å². The monoisotopic (exact) mass is 684 g/mol. The largest absolute Gasteiger partial charge is 0.573 e. The van der Waals surface area contributed by atoms with Crippen LogP contribution >= 0.6 is 0 Å². The van der Waals surface area contributed by atoms with Crippen molar-refractivity contribution in [2.24, 2.45) is 11.8 Å². The summed E-state index contributed by atoms with van der Waals surface area (Å²) in [7, 11) is 1.32. The lowest BCUT2D eigenvalue weighted by Gasteiger charge is -2.34. The Labute approximate surface area is 264 Å². The molecule has 1 saturated heterocycles. The summed E-state index contributed by atoms with van der Waals surface area (Å²) in [5.74, 6) is -0.975. The number of benzene rings is 2. The van der Waals surface area contributed by atoms with Crippen molar-refractivity contribution in [1.82, 2.24) is 4.90 Å². The van der Waals surface area contributed by atoms with Gasteiger partial charge < -0.3 is 19.1 Å². The molecule has 2 aliphatic rings. The maximum atomic E-state index is 13.5. The molecule has 1 heterocycles. The second kappa shape index (κ2) is 13.7. The van der Waals surface area contributed by atoms with Crippen molar-refractivity contribution in [1.29, 1.82) is 0 Å². The Bertz CT molecular complexity index is 1400. The summed E-state index contributed by atoms with van der Waals surface area (Å²) in [6.07, 6.45) is -15.3. The molecule has 1 aliphatic heterocycles. The van der Waals surface area contributed by atoms with Gasteiger partial charge in [-0.2, -0.15) is 26.3 Å². The lowest BCUT2D eigenvalue weighted by atomic mass is 9.81. The Balaban J connectivity index is 1.64. The Morgan fingerprint density at radius 1 is 0.936 bits per heavy atom. The number of anilines is 1. The van der Waals surface area contributed by atoms with Crippen molar-refractivity contribution in [2.75, 3.05) is 25.1 Å². The van der Waals surface area contributed by atoms with Gasteiger partial charge in [0.2, 0.25) is 0 Å². The number of hydrogen-bond donors (Lipinski definition) is 0. The van der Waals surface area contributed by atoms with Crippen molar-refractivity contribution in [2.45, 2.75) is 76.9 Å². The van der Waals surface area contributed by atoms with Gasteiger partial charge in [0.15, 0.2) is 0 Å². The van der Waals surface area contributed by atoms with Crippen molar-refractivity contribution >= 4 is 17.7 Å². The molecule has 2 atom stereocenters. The highest BCUT2D eigenvalue weighted by Crippen LogP contribution is 2.42. The average molecular weight is 685 g/mol. The first kappa shape index (κ1) is 36.0. The van der Waals surface area contributed by atoms with E-state index in [1.54, 1.807) is 0 Å². The number of amides is 1. The molecule has 2 aromatic carbocycles. The van der Waals surface area contributed by atoms with Gasteiger partial charge >= 0.3 is 30.8 Å². The number of nitrogens with zero attached hydrogens (tertiary/aromatic N) is 2. The standard InChI is InChI=1S/C31H33F9N2O5/c1-4-41(15-18-5-7-19(8-6-18)27(43)45-3)25-10-9-24(47-31(38,39)40)13-21(25)16-42-17(2)26(46-28(42)44)20-11-22(29(32,33)34)14-23(12-20)30(35,36)37/h9-14,17-19,26H,4-8,15-16H2,1-3H3/t17-,18-,19-,26-/m0/s1. The number of methoxy groups -OCH3 is 1. The highest BCUT2D eigenvalue weighted by molar-refractivity contribution is 5.72. The van der Waals surface area contributed by atoms with Crippen LogP contribution in [0, 0.1) is 11.8 Å². The van der Waals surface area contributed by atoms with Gasteiger partial charge in [0.25, 0.3) is 0 Å². The first-order valence-electron chi connectivity index (χ1n) is 14.8. The minimum absolute atomic E-state index is 0.0393. The normalized spacial score (nSPS) is 22.2. The molecule has 0 aromatic heterocycles. The van der Waals surface area contributed by atoms with Gasteiger partial charge in [-0.15, -0.1) is 13.2 Å². The smallest absolute Gasteiger partial charge is 0.469 e. The van der Waals surface area contributed by atoms with E-state index >= 15 is 0 Å². The zero-order valence-electron chi connectivity index (χ0n) is 25.6. The quantitative estimate of drug-likeness (QED) is 0.195. The number of halogens is 9. The van der Waals surface area contributed by atoms with Crippen molar-refractivity contribution in [3.8, 4) is 5.75 Å². The Hall–Kier alpha value is -3.85. The number of alkyl halides is 9. The molecule has 260 valence electrons. The minimum Gasteiger partial charge on any atom is -0.469 e. The van der Waals surface area contributed by atoms with Gasteiger partial charge in [-0.1, -0.05) is 0 Å². The van der Waals surface area contributed by atoms with Crippen LogP contribution in [-0.2, 0) is 33.2 Å². The SMILES string of the molecule is CCN(C[C@H]1CC[C@H](C(=O)OC)CC1)c1ccc(OC(F)(F)F)cc1CN1C(=O)O[C@H](c2cc(C(F)(F)F)cc(C(F)(F)F)c2)[C@@H]1C. The summed E-state index contributed by atoms with van der Waals surface area (Å²) in [5.41, 5.74) is -3.08. The van der Waals surface area contributed by atoms with Crippen LogP contribution in [0.3, 0.4) is 0 Å². The second-order valence-electron chi connectivity index (χ2n) is 11.6. The van der Waals surface area contributed by atoms with Crippen LogP contribution in [0.4, 0.5) is 50.0 Å². The van der Waals surface area contributed by atoms with Crippen LogP contribution in [0.1, 0.15) is 67.9 Å². The molecule has 0 bridgehead atoms. The molecule has 1 aliphatic carbocycles.